The summed E-state index contributed by atoms with van der Waals surface area (Å²) in [7, 11) is 0. The summed E-state index contributed by atoms with van der Waals surface area (Å²) in [6, 6.07) is 23.1. The molecule has 0 fully saturated rings. The van der Waals surface area contributed by atoms with E-state index in [2.05, 4.69) is 59.8 Å². The molecule has 0 aliphatic carbocycles. The number of rotatable bonds is 5. The molecule has 0 amide bonds. The fourth-order valence-electron chi connectivity index (χ4n) is 2.77. The fraction of sp³-hybridized carbons (Fsp3) is 0.143. The largest absolute Gasteiger partial charge is 0.312 e. The van der Waals surface area contributed by atoms with Crippen LogP contribution in [-0.2, 0) is 13.0 Å². The molecule has 108 valence electrons. The zero-order valence-electron chi connectivity index (χ0n) is 12.5. The van der Waals surface area contributed by atoms with Crippen molar-refractivity contribution in [2.45, 2.75) is 13.0 Å². The number of benzene rings is 3. The van der Waals surface area contributed by atoms with Crippen molar-refractivity contribution in [3.63, 3.8) is 0 Å². The van der Waals surface area contributed by atoms with Crippen molar-refractivity contribution in [2.75, 3.05) is 6.54 Å². The second-order valence-corrected chi connectivity index (χ2v) is 5.37. The van der Waals surface area contributed by atoms with E-state index in [1.54, 1.807) is 0 Å². The van der Waals surface area contributed by atoms with Crippen LogP contribution in [0.5, 0.6) is 0 Å². The Hall–Kier alpha value is -2.56. The van der Waals surface area contributed by atoms with Gasteiger partial charge in [-0.05, 0) is 40.9 Å². The first-order valence-corrected chi connectivity index (χ1v) is 7.60. The average molecular weight is 285 g/mol. The second kappa shape index (κ2) is 6.93. The van der Waals surface area contributed by atoms with Gasteiger partial charge in [0.05, 0.1) is 0 Å². The highest BCUT2D eigenvalue weighted by atomic mass is 14.8. The van der Waals surface area contributed by atoms with Crippen LogP contribution < -0.4 is 5.32 Å². The predicted molar refractivity (Wildman–Crippen MR) is 93.7 cm³/mol. The quantitative estimate of drug-likeness (QED) is 0.548. The van der Waals surface area contributed by atoms with E-state index in [1.165, 1.54) is 21.9 Å². The molecule has 1 N–H and O–H groups in total. The van der Waals surface area contributed by atoms with E-state index in [1.807, 2.05) is 18.2 Å². The minimum atomic E-state index is 0.811. The van der Waals surface area contributed by atoms with E-state index < -0.39 is 0 Å². The lowest BCUT2D eigenvalue weighted by molar-refractivity contribution is 0.687. The first-order chi connectivity index (χ1) is 10.9. The zero-order chi connectivity index (χ0) is 15.2. The summed E-state index contributed by atoms with van der Waals surface area (Å²) >= 11 is 0. The third kappa shape index (κ3) is 3.19. The standard InChI is InChI=1S/C21H19N/c1-2-17-8-3-4-10-20(17)16-22-15-14-19-12-7-11-18-9-5-6-13-21(18)19/h1,3-13,22H,14-16H2. The minimum absolute atomic E-state index is 0.811. The molecule has 3 aromatic rings. The molecule has 1 nitrogen and oxygen atoms in total. The van der Waals surface area contributed by atoms with Crippen molar-refractivity contribution >= 4 is 10.8 Å². The van der Waals surface area contributed by atoms with Crippen LogP contribution in [0.2, 0.25) is 0 Å². The topological polar surface area (TPSA) is 12.0 Å². The first kappa shape index (κ1) is 14.4. The van der Waals surface area contributed by atoms with Gasteiger partial charge < -0.3 is 5.32 Å². The van der Waals surface area contributed by atoms with Gasteiger partial charge in [0.1, 0.15) is 0 Å². The highest BCUT2D eigenvalue weighted by Gasteiger charge is 2.01. The highest BCUT2D eigenvalue weighted by molar-refractivity contribution is 5.85. The Bertz CT molecular complexity index is 806. The molecule has 0 unspecified atom stereocenters. The predicted octanol–water partition coefficient (Wildman–Crippen LogP) is 4.15. The Morgan fingerprint density at radius 1 is 0.818 bits per heavy atom. The lowest BCUT2D eigenvalue weighted by atomic mass is 10.0. The molecule has 1 heteroatoms. The summed E-state index contributed by atoms with van der Waals surface area (Å²) in [5.41, 5.74) is 3.54. The third-order valence-corrected chi connectivity index (χ3v) is 3.94. The van der Waals surface area contributed by atoms with Crippen LogP contribution in [0.1, 0.15) is 16.7 Å². The molecule has 0 aromatic heterocycles. The molecule has 3 aromatic carbocycles. The Labute approximate surface area is 132 Å². The molecular formula is C21H19N. The van der Waals surface area contributed by atoms with Crippen LogP contribution in [0.25, 0.3) is 10.8 Å². The van der Waals surface area contributed by atoms with Gasteiger partial charge in [-0.3, -0.25) is 0 Å². The number of fused-ring (bicyclic) bond motifs is 1. The lowest BCUT2D eigenvalue weighted by Crippen LogP contribution is -2.17. The average Bonchev–Trinajstić information content (AvgIpc) is 2.59. The van der Waals surface area contributed by atoms with Gasteiger partial charge in [0.2, 0.25) is 0 Å². The molecular weight excluding hydrogens is 266 g/mol. The maximum atomic E-state index is 5.53. The summed E-state index contributed by atoms with van der Waals surface area (Å²) < 4.78 is 0. The van der Waals surface area contributed by atoms with E-state index in [0.717, 1.165) is 25.1 Å². The molecule has 0 bridgehead atoms. The van der Waals surface area contributed by atoms with E-state index in [-0.39, 0.29) is 0 Å². The molecule has 0 aliphatic heterocycles. The van der Waals surface area contributed by atoms with Crippen LogP contribution in [0.15, 0.2) is 66.7 Å². The van der Waals surface area contributed by atoms with Crippen LogP contribution in [0.4, 0.5) is 0 Å². The molecule has 3 rings (SSSR count). The van der Waals surface area contributed by atoms with Crippen molar-refractivity contribution < 1.29 is 0 Å². The smallest absolute Gasteiger partial charge is 0.0287 e. The Kier molecular flexibility index (Phi) is 4.53. The fourth-order valence-corrected chi connectivity index (χ4v) is 2.77. The van der Waals surface area contributed by atoms with Crippen LogP contribution >= 0.6 is 0 Å². The van der Waals surface area contributed by atoms with E-state index >= 15 is 0 Å². The van der Waals surface area contributed by atoms with Gasteiger partial charge in [0.15, 0.2) is 0 Å². The van der Waals surface area contributed by atoms with Crippen LogP contribution in [0.3, 0.4) is 0 Å². The first-order valence-electron chi connectivity index (χ1n) is 7.60. The summed E-state index contributed by atoms with van der Waals surface area (Å²) in [6.07, 6.45) is 6.54. The van der Waals surface area contributed by atoms with Gasteiger partial charge in [0.25, 0.3) is 0 Å². The number of terminal acetylenes is 1. The van der Waals surface area contributed by atoms with Crippen molar-refractivity contribution in [1.82, 2.24) is 5.32 Å². The Morgan fingerprint density at radius 2 is 1.55 bits per heavy atom. The second-order valence-electron chi connectivity index (χ2n) is 5.37. The summed E-state index contributed by atoms with van der Waals surface area (Å²) in [5, 5.41) is 6.14. The minimum Gasteiger partial charge on any atom is -0.312 e. The van der Waals surface area contributed by atoms with Crippen molar-refractivity contribution in [1.29, 1.82) is 0 Å². The SMILES string of the molecule is C#Cc1ccccc1CNCCc1cccc2ccccc12. The van der Waals surface area contributed by atoms with Gasteiger partial charge in [0, 0.05) is 12.1 Å². The molecule has 0 aliphatic rings. The summed E-state index contributed by atoms with van der Waals surface area (Å²) in [4.78, 5) is 0. The molecule has 0 heterocycles. The third-order valence-electron chi connectivity index (χ3n) is 3.94. The van der Waals surface area contributed by atoms with Crippen LogP contribution in [0, 0.1) is 12.3 Å². The van der Waals surface area contributed by atoms with E-state index in [0.29, 0.717) is 0 Å². The van der Waals surface area contributed by atoms with Gasteiger partial charge in [-0.25, -0.2) is 0 Å². The highest BCUT2D eigenvalue weighted by Crippen LogP contribution is 2.18. The van der Waals surface area contributed by atoms with Gasteiger partial charge in [-0.15, -0.1) is 6.42 Å². The lowest BCUT2D eigenvalue weighted by Gasteiger charge is -2.09. The van der Waals surface area contributed by atoms with Gasteiger partial charge in [-0.1, -0.05) is 66.6 Å². The monoisotopic (exact) mass is 285 g/mol. The zero-order valence-corrected chi connectivity index (χ0v) is 12.5. The summed E-state index contributed by atoms with van der Waals surface area (Å²) in [6.45, 7) is 1.75. The Morgan fingerprint density at radius 3 is 2.45 bits per heavy atom. The van der Waals surface area contributed by atoms with Crippen molar-refractivity contribution in [2.24, 2.45) is 0 Å². The van der Waals surface area contributed by atoms with Crippen LogP contribution in [-0.4, -0.2) is 6.54 Å². The maximum absolute atomic E-state index is 5.53. The molecule has 0 saturated heterocycles. The normalized spacial score (nSPS) is 10.5. The van der Waals surface area contributed by atoms with Crippen molar-refractivity contribution in [3.05, 3.63) is 83.4 Å². The maximum Gasteiger partial charge on any atom is 0.0287 e. The van der Waals surface area contributed by atoms with Crippen molar-refractivity contribution in [3.8, 4) is 12.3 Å². The molecule has 0 saturated carbocycles. The van der Waals surface area contributed by atoms with Gasteiger partial charge in [-0.2, -0.15) is 0 Å². The van der Waals surface area contributed by atoms with E-state index in [9.17, 15) is 0 Å². The number of hydrogen-bond donors (Lipinski definition) is 1. The molecule has 0 atom stereocenters. The molecule has 22 heavy (non-hydrogen) atoms. The molecule has 0 radical (unpaired) electrons. The number of nitrogens with one attached hydrogen (secondary N) is 1. The summed E-state index contributed by atoms with van der Waals surface area (Å²) in [5.74, 6) is 2.74. The number of hydrogen-bond acceptors (Lipinski definition) is 1. The molecule has 0 spiro atoms. The van der Waals surface area contributed by atoms with Gasteiger partial charge >= 0.3 is 0 Å². The Balaban J connectivity index is 1.62. The van der Waals surface area contributed by atoms with E-state index in [4.69, 9.17) is 6.42 Å².